The summed E-state index contributed by atoms with van der Waals surface area (Å²) >= 11 is 0. The lowest BCUT2D eigenvalue weighted by Crippen LogP contribution is -2.53. The van der Waals surface area contributed by atoms with Gasteiger partial charge in [0.15, 0.2) is 0 Å². The van der Waals surface area contributed by atoms with Crippen LogP contribution in [0, 0.1) is 10.1 Å². The summed E-state index contributed by atoms with van der Waals surface area (Å²) in [7, 11) is 0. The number of amides is 2. The maximum atomic E-state index is 12.3. The summed E-state index contributed by atoms with van der Waals surface area (Å²) in [5.74, 6) is -0.250. The van der Waals surface area contributed by atoms with E-state index in [1.165, 1.54) is 19.1 Å². The van der Waals surface area contributed by atoms with Crippen LogP contribution in [0.5, 0.6) is 5.75 Å². The van der Waals surface area contributed by atoms with Gasteiger partial charge in [-0.15, -0.1) is 0 Å². The molecule has 2 atom stereocenters. The zero-order valence-corrected chi connectivity index (χ0v) is 14.8. The number of likely N-dealkylation sites (tertiary alicyclic amines) is 1. The molecule has 1 aromatic carbocycles. The molecular weight excluding hydrogens is 342 g/mol. The maximum absolute atomic E-state index is 12.3. The summed E-state index contributed by atoms with van der Waals surface area (Å²) in [6.45, 7) is 5.10. The number of aliphatic hydroxyl groups is 1. The fourth-order valence-electron chi connectivity index (χ4n) is 3.54. The smallest absolute Gasteiger partial charge is 0.293 e. The van der Waals surface area contributed by atoms with Crippen LogP contribution in [-0.2, 0) is 9.59 Å². The molecule has 2 aliphatic heterocycles. The number of aliphatic hydroxyl groups excluding tert-OH is 1. The van der Waals surface area contributed by atoms with E-state index in [4.69, 9.17) is 4.74 Å². The van der Waals surface area contributed by atoms with Gasteiger partial charge in [-0.25, -0.2) is 0 Å². The molecule has 9 nitrogen and oxygen atoms in total. The molecule has 2 heterocycles. The fourth-order valence-corrected chi connectivity index (χ4v) is 3.54. The van der Waals surface area contributed by atoms with Gasteiger partial charge in [-0.1, -0.05) is 0 Å². The number of hydrogen-bond acceptors (Lipinski definition) is 6. The van der Waals surface area contributed by atoms with Crippen molar-refractivity contribution in [3.8, 4) is 5.75 Å². The molecule has 2 N–H and O–H groups in total. The molecule has 0 saturated carbocycles. The van der Waals surface area contributed by atoms with Crippen LogP contribution in [0.3, 0.4) is 0 Å². The number of fused-ring (bicyclic) bond motifs is 1. The highest BCUT2D eigenvalue weighted by Crippen LogP contribution is 2.47. The number of benzene rings is 1. The average Bonchev–Trinajstić information content (AvgIpc) is 2.93. The highest BCUT2D eigenvalue weighted by atomic mass is 16.6. The number of nitrogens with one attached hydrogen (secondary N) is 1. The van der Waals surface area contributed by atoms with Gasteiger partial charge in [0.2, 0.25) is 11.8 Å². The van der Waals surface area contributed by atoms with Crippen LogP contribution in [0.4, 0.5) is 11.4 Å². The molecule has 1 fully saturated rings. The molecule has 140 valence electrons. The van der Waals surface area contributed by atoms with Gasteiger partial charge in [-0.05, 0) is 20.3 Å². The van der Waals surface area contributed by atoms with Crippen molar-refractivity contribution in [2.24, 2.45) is 0 Å². The van der Waals surface area contributed by atoms with Crippen molar-refractivity contribution in [2.75, 3.05) is 11.9 Å². The van der Waals surface area contributed by atoms with E-state index in [0.717, 1.165) is 0 Å². The van der Waals surface area contributed by atoms with Crippen LogP contribution in [0.2, 0.25) is 0 Å². The van der Waals surface area contributed by atoms with Crippen molar-refractivity contribution in [3.63, 3.8) is 0 Å². The molecule has 26 heavy (non-hydrogen) atoms. The van der Waals surface area contributed by atoms with Gasteiger partial charge in [0.05, 0.1) is 11.0 Å². The second kappa shape index (κ2) is 6.24. The number of hydrogen-bond donors (Lipinski definition) is 2. The monoisotopic (exact) mass is 363 g/mol. The van der Waals surface area contributed by atoms with Crippen molar-refractivity contribution in [2.45, 2.75) is 51.4 Å². The minimum Gasteiger partial charge on any atom is -0.485 e. The Morgan fingerprint density at radius 3 is 2.69 bits per heavy atom. The Morgan fingerprint density at radius 2 is 2.15 bits per heavy atom. The lowest BCUT2D eigenvalue weighted by molar-refractivity contribution is -0.384. The summed E-state index contributed by atoms with van der Waals surface area (Å²) < 4.78 is 5.85. The fraction of sp³-hybridized carbons (Fsp3) is 0.529. The van der Waals surface area contributed by atoms with Gasteiger partial charge in [0.1, 0.15) is 23.1 Å². The van der Waals surface area contributed by atoms with Crippen LogP contribution < -0.4 is 10.1 Å². The summed E-state index contributed by atoms with van der Waals surface area (Å²) in [4.78, 5) is 36.0. The molecule has 1 unspecified atom stereocenters. The molecule has 1 aromatic rings. The van der Waals surface area contributed by atoms with Crippen LogP contribution >= 0.6 is 0 Å². The number of carbonyl (C=O) groups excluding carboxylic acids is 2. The molecule has 2 amide bonds. The van der Waals surface area contributed by atoms with Gasteiger partial charge in [-0.3, -0.25) is 19.7 Å². The molecule has 0 spiro atoms. The van der Waals surface area contributed by atoms with Crippen molar-refractivity contribution >= 4 is 23.2 Å². The Hall–Kier alpha value is -2.68. The molecule has 0 bridgehead atoms. The van der Waals surface area contributed by atoms with Gasteiger partial charge >= 0.3 is 0 Å². The molecular formula is C17H21N3O6. The van der Waals surface area contributed by atoms with E-state index in [9.17, 15) is 24.8 Å². The number of rotatable bonds is 3. The van der Waals surface area contributed by atoms with Crippen molar-refractivity contribution in [1.82, 2.24) is 4.90 Å². The Kier molecular flexibility index (Phi) is 4.35. The number of carbonyl (C=O) groups is 2. The first-order chi connectivity index (χ1) is 12.1. The van der Waals surface area contributed by atoms with Gasteiger partial charge in [-0.2, -0.15) is 0 Å². The van der Waals surface area contributed by atoms with Crippen LogP contribution in [-0.4, -0.2) is 45.0 Å². The average molecular weight is 363 g/mol. The first-order valence-electron chi connectivity index (χ1n) is 8.38. The molecule has 0 aromatic heterocycles. The standard InChI is InChI=1S/C17H21N3O6/c1-9(21)18-11-8-13-10(7-12(11)20(24)25)15(16(23)17(2,3)26-13)19-6-4-5-14(19)22/h7-8,15-16,23H,4-6H2,1-3H3,(H,18,21)/t15?,16-/m0/s1. The second-order valence-electron chi connectivity index (χ2n) is 7.13. The molecule has 0 radical (unpaired) electrons. The number of ether oxygens (including phenoxy) is 1. The van der Waals surface area contributed by atoms with Crippen LogP contribution in [0.1, 0.15) is 45.2 Å². The first kappa shape index (κ1) is 18.1. The summed E-state index contributed by atoms with van der Waals surface area (Å²) in [5.41, 5.74) is -0.941. The van der Waals surface area contributed by atoms with E-state index in [-0.39, 0.29) is 17.3 Å². The molecule has 9 heteroatoms. The van der Waals surface area contributed by atoms with E-state index >= 15 is 0 Å². The van der Waals surface area contributed by atoms with Gasteiger partial charge in [0.25, 0.3) is 5.69 Å². The summed E-state index contributed by atoms with van der Waals surface area (Å²) in [6, 6.07) is 1.92. The third kappa shape index (κ3) is 2.98. The maximum Gasteiger partial charge on any atom is 0.293 e. The van der Waals surface area contributed by atoms with Crippen molar-refractivity contribution < 1.29 is 24.4 Å². The quantitative estimate of drug-likeness (QED) is 0.623. The third-order valence-corrected chi connectivity index (χ3v) is 4.78. The number of nitro benzene ring substituents is 1. The molecule has 1 saturated heterocycles. The van der Waals surface area contributed by atoms with Crippen LogP contribution in [0.25, 0.3) is 0 Å². The minimum absolute atomic E-state index is 0.0138. The summed E-state index contributed by atoms with van der Waals surface area (Å²) in [6.07, 6.45) is -0.000296. The largest absolute Gasteiger partial charge is 0.485 e. The lowest BCUT2D eigenvalue weighted by Gasteiger charge is -2.45. The zero-order valence-electron chi connectivity index (χ0n) is 14.8. The molecule has 3 rings (SSSR count). The topological polar surface area (TPSA) is 122 Å². The highest BCUT2D eigenvalue weighted by molar-refractivity contribution is 5.92. The predicted octanol–water partition coefficient (Wildman–Crippen LogP) is 1.75. The second-order valence-corrected chi connectivity index (χ2v) is 7.13. The van der Waals surface area contributed by atoms with E-state index in [1.54, 1.807) is 18.7 Å². The molecule has 0 aliphatic carbocycles. The number of anilines is 1. The van der Waals surface area contributed by atoms with Crippen molar-refractivity contribution in [3.05, 3.63) is 27.8 Å². The number of nitro groups is 1. The SMILES string of the molecule is CC(=O)Nc1cc2c(cc1[N+](=O)[O-])C(N1CCCC1=O)[C@H](O)C(C)(C)O2. The summed E-state index contributed by atoms with van der Waals surface area (Å²) in [5, 5.41) is 24.7. The van der Waals surface area contributed by atoms with E-state index in [1.807, 2.05) is 0 Å². The Morgan fingerprint density at radius 1 is 1.46 bits per heavy atom. The third-order valence-electron chi connectivity index (χ3n) is 4.78. The Labute approximate surface area is 150 Å². The van der Waals surface area contributed by atoms with E-state index in [0.29, 0.717) is 30.7 Å². The Bertz CT molecular complexity index is 791. The number of nitrogens with zero attached hydrogens (tertiary/aromatic N) is 2. The lowest BCUT2D eigenvalue weighted by atomic mass is 9.85. The zero-order chi connectivity index (χ0) is 19.2. The van der Waals surface area contributed by atoms with Gasteiger partial charge < -0.3 is 20.1 Å². The first-order valence-corrected chi connectivity index (χ1v) is 8.38. The Balaban J connectivity index is 2.18. The highest BCUT2D eigenvalue weighted by Gasteiger charge is 2.48. The molecule has 2 aliphatic rings. The minimum atomic E-state index is -1.05. The normalized spacial score (nSPS) is 24.0. The van der Waals surface area contributed by atoms with Crippen LogP contribution in [0.15, 0.2) is 12.1 Å². The van der Waals surface area contributed by atoms with E-state index < -0.39 is 28.6 Å². The predicted molar refractivity (Wildman–Crippen MR) is 91.8 cm³/mol. The van der Waals surface area contributed by atoms with E-state index in [2.05, 4.69) is 5.32 Å². The van der Waals surface area contributed by atoms with Crippen molar-refractivity contribution in [1.29, 1.82) is 0 Å². The van der Waals surface area contributed by atoms with Gasteiger partial charge in [0, 0.05) is 37.6 Å².